The van der Waals surface area contributed by atoms with Gasteiger partial charge in [0, 0.05) is 10.5 Å². The molecule has 0 unspecified atom stereocenters. The number of rotatable bonds is 5. The summed E-state index contributed by atoms with van der Waals surface area (Å²) in [6.07, 6.45) is 0. The minimum Gasteiger partial charge on any atom is -0.394 e. The Morgan fingerprint density at radius 2 is 1.95 bits per heavy atom. The second-order valence-electron chi connectivity index (χ2n) is 4.76. The minimum atomic E-state index is -1.48. The molecule has 5 N–H and O–H groups in total. The fourth-order valence-electron chi connectivity index (χ4n) is 1.81. The molecular weight excluding hydrogens is 296 g/mol. The lowest BCUT2D eigenvalue weighted by molar-refractivity contribution is -0.113. The van der Waals surface area contributed by atoms with Crippen LogP contribution in [0.5, 0.6) is 0 Å². The zero-order chi connectivity index (χ0) is 15.5. The van der Waals surface area contributed by atoms with Crippen molar-refractivity contribution in [2.75, 3.05) is 30.9 Å². The lowest BCUT2D eigenvalue weighted by Gasteiger charge is -2.28. The number of carbonyl (C=O) groups is 2. The maximum atomic E-state index is 12.1. The Labute approximate surface area is 125 Å². The summed E-state index contributed by atoms with van der Waals surface area (Å²) >= 11 is 1.38. The number of hydrogen-bond acceptors (Lipinski definition) is 6. The molecule has 21 heavy (non-hydrogen) atoms. The van der Waals surface area contributed by atoms with Crippen LogP contribution in [-0.4, -0.2) is 58.2 Å². The Kier molecular flexibility index (Phi) is 4.84. The van der Waals surface area contributed by atoms with Gasteiger partial charge in [0.25, 0.3) is 5.91 Å². The number of benzene rings is 1. The van der Waals surface area contributed by atoms with E-state index in [1.54, 1.807) is 12.1 Å². The number of aliphatic hydroxyl groups excluding tert-OH is 3. The van der Waals surface area contributed by atoms with Crippen LogP contribution in [0.1, 0.15) is 10.4 Å². The van der Waals surface area contributed by atoms with Gasteiger partial charge in [-0.2, -0.15) is 0 Å². The summed E-state index contributed by atoms with van der Waals surface area (Å²) in [6.45, 7) is -1.78. The molecular formula is C13H16N2O5S. The fourth-order valence-corrected chi connectivity index (χ4v) is 2.59. The van der Waals surface area contributed by atoms with Crippen LogP contribution < -0.4 is 10.6 Å². The molecule has 0 radical (unpaired) electrons. The van der Waals surface area contributed by atoms with E-state index in [2.05, 4.69) is 10.6 Å². The summed E-state index contributed by atoms with van der Waals surface area (Å²) in [5, 5.41) is 32.7. The summed E-state index contributed by atoms with van der Waals surface area (Å²) in [5.74, 6) is -0.360. The Morgan fingerprint density at radius 1 is 1.29 bits per heavy atom. The van der Waals surface area contributed by atoms with E-state index in [0.29, 0.717) is 11.4 Å². The molecule has 0 fully saturated rings. The van der Waals surface area contributed by atoms with Gasteiger partial charge in [0.1, 0.15) is 5.54 Å². The number of aliphatic hydroxyl groups is 3. The Balaban J connectivity index is 2.20. The number of hydrogen-bond donors (Lipinski definition) is 5. The maximum Gasteiger partial charge on any atom is 0.252 e. The third-order valence-electron chi connectivity index (χ3n) is 3.16. The van der Waals surface area contributed by atoms with E-state index in [0.717, 1.165) is 4.90 Å². The van der Waals surface area contributed by atoms with E-state index in [1.807, 2.05) is 0 Å². The molecule has 8 heteroatoms. The quantitative estimate of drug-likeness (QED) is 0.484. The highest BCUT2D eigenvalue weighted by Crippen LogP contribution is 2.32. The van der Waals surface area contributed by atoms with Crippen LogP contribution in [0.3, 0.4) is 0 Å². The van der Waals surface area contributed by atoms with Crippen LogP contribution in [0, 0.1) is 0 Å². The van der Waals surface area contributed by atoms with Gasteiger partial charge in [0.15, 0.2) is 0 Å². The van der Waals surface area contributed by atoms with E-state index >= 15 is 0 Å². The minimum absolute atomic E-state index is 0.138. The second kappa shape index (κ2) is 6.44. The molecule has 0 bridgehead atoms. The zero-order valence-electron chi connectivity index (χ0n) is 11.1. The first-order chi connectivity index (χ1) is 10.0. The average molecular weight is 312 g/mol. The lowest BCUT2D eigenvalue weighted by Crippen LogP contribution is -2.57. The first kappa shape index (κ1) is 15.8. The van der Waals surface area contributed by atoms with Crippen molar-refractivity contribution in [1.29, 1.82) is 0 Å². The van der Waals surface area contributed by atoms with Crippen molar-refractivity contribution < 1.29 is 24.9 Å². The molecule has 0 atom stereocenters. The predicted octanol–water partition coefficient (Wildman–Crippen LogP) is -0.824. The van der Waals surface area contributed by atoms with E-state index in [1.165, 1.54) is 17.8 Å². The van der Waals surface area contributed by atoms with Gasteiger partial charge in [-0.1, -0.05) is 0 Å². The van der Waals surface area contributed by atoms with Gasteiger partial charge >= 0.3 is 0 Å². The summed E-state index contributed by atoms with van der Waals surface area (Å²) < 4.78 is 0. The van der Waals surface area contributed by atoms with Gasteiger partial charge in [-0.05, 0) is 18.2 Å². The normalized spacial score (nSPS) is 14.3. The van der Waals surface area contributed by atoms with Crippen molar-refractivity contribution in [3.05, 3.63) is 23.8 Å². The van der Waals surface area contributed by atoms with E-state index in [-0.39, 0.29) is 11.5 Å². The molecule has 1 heterocycles. The number of nitrogens with one attached hydrogen (secondary N) is 2. The maximum absolute atomic E-state index is 12.1. The lowest BCUT2D eigenvalue weighted by atomic mass is 10.0. The number of carbonyl (C=O) groups excluding carboxylic acids is 2. The summed E-state index contributed by atoms with van der Waals surface area (Å²) in [5.41, 5.74) is -0.673. The van der Waals surface area contributed by atoms with Crippen molar-refractivity contribution in [2.45, 2.75) is 10.4 Å². The number of anilines is 1. The summed E-state index contributed by atoms with van der Waals surface area (Å²) in [7, 11) is 0. The van der Waals surface area contributed by atoms with Crippen LogP contribution in [0.2, 0.25) is 0 Å². The zero-order valence-corrected chi connectivity index (χ0v) is 11.9. The molecule has 0 spiro atoms. The molecule has 1 aliphatic rings. The third-order valence-corrected chi connectivity index (χ3v) is 4.23. The van der Waals surface area contributed by atoms with Crippen molar-refractivity contribution >= 4 is 29.3 Å². The fraction of sp³-hybridized carbons (Fsp3) is 0.385. The molecule has 0 aliphatic carbocycles. The van der Waals surface area contributed by atoms with Crippen LogP contribution in [0.15, 0.2) is 23.1 Å². The van der Waals surface area contributed by atoms with Gasteiger partial charge in [0.05, 0.1) is 31.3 Å². The number of thioether (sulfide) groups is 1. The molecule has 1 aromatic rings. The largest absolute Gasteiger partial charge is 0.394 e. The van der Waals surface area contributed by atoms with Crippen molar-refractivity contribution in [1.82, 2.24) is 5.32 Å². The van der Waals surface area contributed by atoms with Crippen molar-refractivity contribution in [3.63, 3.8) is 0 Å². The van der Waals surface area contributed by atoms with Gasteiger partial charge in [-0.3, -0.25) is 9.59 Å². The Bertz CT molecular complexity index is 551. The van der Waals surface area contributed by atoms with Crippen LogP contribution in [0.4, 0.5) is 5.69 Å². The van der Waals surface area contributed by atoms with Crippen LogP contribution in [-0.2, 0) is 4.79 Å². The first-order valence-corrected chi connectivity index (χ1v) is 7.24. The number of fused-ring (bicyclic) bond motifs is 1. The van der Waals surface area contributed by atoms with Crippen molar-refractivity contribution in [2.24, 2.45) is 0 Å². The number of amides is 2. The molecule has 7 nitrogen and oxygen atoms in total. The predicted molar refractivity (Wildman–Crippen MR) is 77.3 cm³/mol. The Hall–Kier alpha value is -1.61. The van der Waals surface area contributed by atoms with E-state index in [4.69, 9.17) is 0 Å². The van der Waals surface area contributed by atoms with Gasteiger partial charge in [-0.25, -0.2) is 0 Å². The molecule has 2 amide bonds. The summed E-state index contributed by atoms with van der Waals surface area (Å²) in [4.78, 5) is 24.3. The molecule has 2 rings (SSSR count). The smallest absolute Gasteiger partial charge is 0.252 e. The highest BCUT2D eigenvalue weighted by Gasteiger charge is 2.30. The molecule has 1 aliphatic heterocycles. The monoisotopic (exact) mass is 312 g/mol. The van der Waals surface area contributed by atoms with Gasteiger partial charge < -0.3 is 26.0 Å². The molecule has 1 aromatic carbocycles. The first-order valence-electron chi connectivity index (χ1n) is 6.25. The topological polar surface area (TPSA) is 119 Å². The second-order valence-corrected chi connectivity index (χ2v) is 5.77. The summed E-state index contributed by atoms with van der Waals surface area (Å²) in [6, 6.07) is 4.81. The molecule has 0 saturated heterocycles. The molecule has 0 aromatic heterocycles. The highest BCUT2D eigenvalue weighted by molar-refractivity contribution is 8.00. The standard InChI is InChI=1S/C13H16N2O5S/c16-5-13(6-17,7-18)15-12(20)8-1-2-10-9(3-8)14-11(19)4-21-10/h1-3,16-18H,4-7H2,(H,14,19)(H,15,20). The highest BCUT2D eigenvalue weighted by atomic mass is 32.2. The Morgan fingerprint density at radius 3 is 2.57 bits per heavy atom. The van der Waals surface area contributed by atoms with Gasteiger partial charge in [0.2, 0.25) is 5.91 Å². The van der Waals surface area contributed by atoms with Crippen molar-refractivity contribution in [3.8, 4) is 0 Å². The third kappa shape index (κ3) is 3.35. The average Bonchev–Trinajstić information content (AvgIpc) is 2.51. The molecule has 114 valence electrons. The van der Waals surface area contributed by atoms with Crippen LogP contribution in [0.25, 0.3) is 0 Å². The van der Waals surface area contributed by atoms with Crippen LogP contribution >= 0.6 is 11.8 Å². The van der Waals surface area contributed by atoms with E-state index in [9.17, 15) is 24.9 Å². The molecule has 0 saturated carbocycles. The van der Waals surface area contributed by atoms with Gasteiger partial charge in [-0.15, -0.1) is 11.8 Å². The van der Waals surface area contributed by atoms with E-state index < -0.39 is 31.3 Å². The SMILES string of the molecule is O=C1CSc2ccc(C(=O)NC(CO)(CO)CO)cc2N1.